The van der Waals surface area contributed by atoms with Gasteiger partial charge in [-0.15, -0.1) is 0 Å². The lowest BCUT2D eigenvalue weighted by Gasteiger charge is -2.13. The van der Waals surface area contributed by atoms with Gasteiger partial charge in [-0.1, -0.05) is 24.6 Å². The van der Waals surface area contributed by atoms with Crippen molar-refractivity contribution < 1.29 is 4.74 Å². The molecule has 0 amide bonds. The molecule has 0 bridgehead atoms. The maximum atomic E-state index is 5.90. The minimum absolute atomic E-state index is 0.622. The van der Waals surface area contributed by atoms with Crippen molar-refractivity contribution in [2.45, 2.75) is 34.1 Å². The monoisotopic (exact) mass is 271 g/mol. The number of benzene rings is 1. The second-order valence-electron chi connectivity index (χ2n) is 4.72. The van der Waals surface area contributed by atoms with Crippen LogP contribution in [0.3, 0.4) is 0 Å². The van der Waals surface area contributed by atoms with Crippen molar-refractivity contribution in [1.29, 1.82) is 0 Å². The Kier molecular flexibility index (Phi) is 4.56. The van der Waals surface area contributed by atoms with E-state index in [4.69, 9.17) is 4.74 Å². The van der Waals surface area contributed by atoms with Gasteiger partial charge in [0.1, 0.15) is 17.4 Å². The van der Waals surface area contributed by atoms with Crippen molar-refractivity contribution in [3.05, 3.63) is 41.2 Å². The summed E-state index contributed by atoms with van der Waals surface area (Å²) < 4.78 is 5.90. The topological polar surface area (TPSA) is 47.0 Å². The maximum Gasteiger partial charge on any atom is 0.227 e. The zero-order valence-corrected chi connectivity index (χ0v) is 12.5. The number of anilines is 1. The minimum atomic E-state index is 0.622. The molecule has 0 unspecified atom stereocenters. The predicted molar refractivity (Wildman–Crippen MR) is 81.6 cm³/mol. The van der Waals surface area contributed by atoms with E-state index in [1.54, 1.807) is 0 Å². The standard InChI is InChI=1S/C16H21N3O/c1-5-14-18-15(17-6-2)12(4)16(19-14)20-13-9-7-11(3)8-10-13/h7-10H,5-6H2,1-4H3,(H,17,18,19). The van der Waals surface area contributed by atoms with Gasteiger partial charge in [-0.3, -0.25) is 0 Å². The van der Waals surface area contributed by atoms with E-state index in [9.17, 15) is 0 Å². The summed E-state index contributed by atoms with van der Waals surface area (Å²) in [5, 5.41) is 3.25. The average Bonchev–Trinajstić information content (AvgIpc) is 2.45. The molecule has 0 saturated heterocycles. The molecule has 20 heavy (non-hydrogen) atoms. The number of rotatable bonds is 5. The van der Waals surface area contributed by atoms with E-state index in [1.165, 1.54) is 5.56 Å². The second-order valence-corrected chi connectivity index (χ2v) is 4.72. The molecule has 4 nitrogen and oxygen atoms in total. The first-order chi connectivity index (χ1) is 9.63. The van der Waals surface area contributed by atoms with Crippen LogP contribution in [0.5, 0.6) is 11.6 Å². The summed E-state index contributed by atoms with van der Waals surface area (Å²) >= 11 is 0. The van der Waals surface area contributed by atoms with Crippen molar-refractivity contribution in [3.8, 4) is 11.6 Å². The Balaban J connectivity index is 2.34. The van der Waals surface area contributed by atoms with Gasteiger partial charge >= 0.3 is 0 Å². The van der Waals surface area contributed by atoms with Crippen LogP contribution in [-0.4, -0.2) is 16.5 Å². The molecule has 1 aromatic heterocycles. The first-order valence-corrected chi connectivity index (χ1v) is 7.00. The molecule has 2 aromatic rings. The van der Waals surface area contributed by atoms with Crippen LogP contribution in [0.15, 0.2) is 24.3 Å². The van der Waals surface area contributed by atoms with E-state index in [2.05, 4.69) is 22.2 Å². The summed E-state index contributed by atoms with van der Waals surface area (Å²) in [6.07, 6.45) is 0.781. The molecule has 0 aliphatic carbocycles. The lowest BCUT2D eigenvalue weighted by molar-refractivity contribution is 0.455. The van der Waals surface area contributed by atoms with E-state index < -0.39 is 0 Å². The van der Waals surface area contributed by atoms with Crippen LogP contribution in [0.2, 0.25) is 0 Å². The summed E-state index contributed by atoms with van der Waals surface area (Å²) in [4.78, 5) is 8.97. The van der Waals surface area contributed by atoms with Crippen molar-refractivity contribution >= 4 is 5.82 Å². The first-order valence-electron chi connectivity index (χ1n) is 7.00. The smallest absolute Gasteiger partial charge is 0.227 e. The van der Waals surface area contributed by atoms with Gasteiger partial charge in [-0.2, -0.15) is 4.98 Å². The van der Waals surface area contributed by atoms with Crippen LogP contribution in [0.1, 0.15) is 30.8 Å². The van der Waals surface area contributed by atoms with E-state index in [0.717, 1.165) is 35.9 Å². The molecule has 0 spiro atoms. The minimum Gasteiger partial charge on any atom is -0.439 e. The summed E-state index contributed by atoms with van der Waals surface area (Å²) in [6.45, 7) is 8.94. The van der Waals surface area contributed by atoms with Crippen LogP contribution in [0.4, 0.5) is 5.82 Å². The molecule has 0 aliphatic heterocycles. The van der Waals surface area contributed by atoms with E-state index in [1.807, 2.05) is 45.0 Å². The molecular weight excluding hydrogens is 250 g/mol. The number of aromatic nitrogens is 2. The molecule has 0 fully saturated rings. The first kappa shape index (κ1) is 14.3. The molecule has 4 heteroatoms. The Morgan fingerprint density at radius 1 is 1.05 bits per heavy atom. The fourth-order valence-corrected chi connectivity index (χ4v) is 1.86. The molecule has 1 N–H and O–H groups in total. The summed E-state index contributed by atoms with van der Waals surface area (Å²) in [5.74, 6) is 3.05. The highest BCUT2D eigenvalue weighted by atomic mass is 16.5. The Morgan fingerprint density at radius 3 is 2.35 bits per heavy atom. The van der Waals surface area contributed by atoms with Crippen LogP contribution in [0.25, 0.3) is 0 Å². The quantitative estimate of drug-likeness (QED) is 0.896. The number of nitrogens with one attached hydrogen (secondary N) is 1. The molecule has 1 aromatic carbocycles. The van der Waals surface area contributed by atoms with E-state index >= 15 is 0 Å². The predicted octanol–water partition coefficient (Wildman–Crippen LogP) is 3.88. The zero-order chi connectivity index (χ0) is 14.5. The molecule has 0 radical (unpaired) electrons. The number of aryl methyl sites for hydroxylation is 2. The fraction of sp³-hybridized carbons (Fsp3) is 0.375. The molecule has 106 valence electrons. The van der Waals surface area contributed by atoms with E-state index in [-0.39, 0.29) is 0 Å². The van der Waals surface area contributed by atoms with Gasteiger partial charge in [0.2, 0.25) is 5.88 Å². The molecular formula is C16H21N3O. The molecule has 0 atom stereocenters. The number of ether oxygens (including phenoxy) is 1. The number of hydrogen-bond acceptors (Lipinski definition) is 4. The third kappa shape index (κ3) is 3.26. The van der Waals surface area contributed by atoms with Crippen LogP contribution in [0, 0.1) is 13.8 Å². The second kappa shape index (κ2) is 6.37. The van der Waals surface area contributed by atoms with Crippen LogP contribution < -0.4 is 10.1 Å². The van der Waals surface area contributed by atoms with Gasteiger partial charge in [-0.25, -0.2) is 4.98 Å². The maximum absolute atomic E-state index is 5.90. The van der Waals surface area contributed by atoms with Crippen molar-refractivity contribution in [3.63, 3.8) is 0 Å². The Morgan fingerprint density at radius 2 is 1.75 bits per heavy atom. The van der Waals surface area contributed by atoms with Crippen molar-refractivity contribution in [2.75, 3.05) is 11.9 Å². The highest BCUT2D eigenvalue weighted by Crippen LogP contribution is 2.27. The van der Waals surface area contributed by atoms with E-state index in [0.29, 0.717) is 5.88 Å². The Hall–Kier alpha value is -2.10. The van der Waals surface area contributed by atoms with Crippen LogP contribution >= 0.6 is 0 Å². The molecule has 0 saturated carbocycles. The summed E-state index contributed by atoms with van der Waals surface area (Å²) in [5.41, 5.74) is 2.14. The SMILES string of the molecule is CCNc1nc(CC)nc(Oc2ccc(C)cc2)c1C. The third-order valence-corrected chi connectivity index (χ3v) is 3.04. The Bertz CT molecular complexity index is 579. The van der Waals surface area contributed by atoms with Crippen LogP contribution in [-0.2, 0) is 6.42 Å². The van der Waals surface area contributed by atoms with Crippen molar-refractivity contribution in [1.82, 2.24) is 9.97 Å². The normalized spacial score (nSPS) is 10.4. The summed E-state index contributed by atoms with van der Waals surface area (Å²) in [7, 11) is 0. The lowest BCUT2D eigenvalue weighted by Crippen LogP contribution is -2.07. The van der Waals surface area contributed by atoms with Gasteiger partial charge in [0.25, 0.3) is 0 Å². The number of hydrogen-bond donors (Lipinski definition) is 1. The van der Waals surface area contributed by atoms with Crippen molar-refractivity contribution in [2.24, 2.45) is 0 Å². The highest BCUT2D eigenvalue weighted by molar-refractivity contribution is 5.49. The third-order valence-electron chi connectivity index (χ3n) is 3.04. The molecule has 2 rings (SSSR count). The summed E-state index contributed by atoms with van der Waals surface area (Å²) in [6, 6.07) is 7.96. The molecule has 0 aliphatic rings. The Labute approximate surface area is 120 Å². The largest absolute Gasteiger partial charge is 0.439 e. The van der Waals surface area contributed by atoms with Gasteiger partial charge in [0.05, 0.1) is 5.56 Å². The van der Waals surface area contributed by atoms with Gasteiger partial charge in [0.15, 0.2) is 0 Å². The van der Waals surface area contributed by atoms with Gasteiger partial charge in [0, 0.05) is 13.0 Å². The average molecular weight is 271 g/mol. The fourth-order valence-electron chi connectivity index (χ4n) is 1.86. The lowest BCUT2D eigenvalue weighted by atomic mass is 10.2. The number of nitrogens with zero attached hydrogens (tertiary/aromatic N) is 2. The van der Waals surface area contributed by atoms with Gasteiger partial charge in [-0.05, 0) is 32.9 Å². The molecule has 1 heterocycles. The van der Waals surface area contributed by atoms with Gasteiger partial charge < -0.3 is 10.1 Å². The highest BCUT2D eigenvalue weighted by Gasteiger charge is 2.11. The zero-order valence-electron chi connectivity index (χ0n) is 12.5.